The average molecular weight is 277 g/mol. The monoisotopic (exact) mass is 277 g/mol. The minimum absolute atomic E-state index is 0.0541. The van der Waals surface area contributed by atoms with Gasteiger partial charge in [0.25, 0.3) is 0 Å². The van der Waals surface area contributed by atoms with E-state index in [0.717, 1.165) is 42.6 Å². The molecule has 2 saturated heterocycles. The molecule has 4 heteroatoms. The van der Waals surface area contributed by atoms with Crippen molar-refractivity contribution in [2.24, 2.45) is 5.92 Å². The Kier molecular flexibility index (Phi) is 3.29. The van der Waals surface area contributed by atoms with E-state index in [1.807, 2.05) is 26.0 Å². The maximum Gasteiger partial charge on any atom is 0.167 e. The van der Waals surface area contributed by atoms with Crippen molar-refractivity contribution in [2.75, 3.05) is 0 Å². The zero-order chi connectivity index (χ0) is 13.6. The Morgan fingerprint density at radius 2 is 1.84 bits per heavy atom. The molecule has 1 aromatic rings. The number of carbonyl (C=O) groups excluding carboxylic acids is 1. The second kappa shape index (κ2) is 4.82. The zero-order valence-electron chi connectivity index (χ0n) is 11.4. The van der Waals surface area contributed by atoms with Gasteiger partial charge in [0, 0.05) is 44.2 Å². The van der Waals surface area contributed by atoms with E-state index in [9.17, 15) is 9.00 Å². The number of aromatic nitrogens is 1. The van der Waals surface area contributed by atoms with Crippen LogP contribution in [0.4, 0.5) is 0 Å². The van der Waals surface area contributed by atoms with Gasteiger partial charge in [-0.2, -0.15) is 0 Å². The summed E-state index contributed by atoms with van der Waals surface area (Å²) in [6.45, 7) is 3.83. The van der Waals surface area contributed by atoms with E-state index in [2.05, 4.69) is 4.98 Å². The standard InChI is InChI=1S/C15H19NO2S/c1-9-3-6-14(10(2)16-9)15(17)11-7-12-4-5-13(8-11)19(12)18/h3,6,11-13H,4-5,7-8H2,1-2H3. The van der Waals surface area contributed by atoms with Crippen LogP contribution in [0.3, 0.4) is 0 Å². The van der Waals surface area contributed by atoms with Crippen LogP contribution in [0.5, 0.6) is 0 Å². The topological polar surface area (TPSA) is 47.0 Å². The molecule has 0 N–H and O–H groups in total. The highest BCUT2D eigenvalue weighted by molar-refractivity contribution is 7.86. The third kappa shape index (κ3) is 2.27. The first-order chi connectivity index (χ1) is 9.06. The molecule has 0 radical (unpaired) electrons. The Balaban J connectivity index is 1.83. The summed E-state index contributed by atoms with van der Waals surface area (Å²) >= 11 is 0. The number of hydrogen-bond acceptors (Lipinski definition) is 3. The highest BCUT2D eigenvalue weighted by atomic mass is 32.2. The molecule has 102 valence electrons. The Morgan fingerprint density at radius 3 is 2.42 bits per heavy atom. The molecule has 0 amide bonds. The molecule has 2 bridgehead atoms. The summed E-state index contributed by atoms with van der Waals surface area (Å²) in [6, 6.07) is 3.79. The third-order valence-electron chi connectivity index (χ3n) is 4.42. The molecular formula is C15H19NO2S. The minimum atomic E-state index is -0.689. The van der Waals surface area contributed by atoms with Crippen LogP contribution in [0.1, 0.15) is 47.4 Å². The number of ketones is 1. The van der Waals surface area contributed by atoms with E-state index in [0.29, 0.717) is 0 Å². The van der Waals surface area contributed by atoms with Crippen LogP contribution in [0.25, 0.3) is 0 Å². The van der Waals surface area contributed by atoms with Crippen molar-refractivity contribution in [1.29, 1.82) is 0 Å². The largest absolute Gasteiger partial charge is 0.294 e. The lowest BCUT2D eigenvalue weighted by Crippen LogP contribution is -2.32. The molecule has 0 aromatic carbocycles. The zero-order valence-corrected chi connectivity index (χ0v) is 12.2. The lowest BCUT2D eigenvalue weighted by atomic mass is 9.90. The normalized spacial score (nSPS) is 33.4. The van der Waals surface area contributed by atoms with Gasteiger partial charge in [0.1, 0.15) is 0 Å². The summed E-state index contributed by atoms with van der Waals surface area (Å²) in [5.74, 6) is 0.261. The molecule has 19 heavy (non-hydrogen) atoms. The Morgan fingerprint density at radius 1 is 1.21 bits per heavy atom. The molecule has 0 spiro atoms. The molecule has 2 atom stereocenters. The summed E-state index contributed by atoms with van der Waals surface area (Å²) in [4.78, 5) is 17.0. The van der Waals surface area contributed by atoms with Crippen LogP contribution in [-0.2, 0) is 10.8 Å². The lowest BCUT2D eigenvalue weighted by molar-refractivity contribution is 0.0905. The van der Waals surface area contributed by atoms with Crippen molar-refractivity contribution in [3.63, 3.8) is 0 Å². The lowest BCUT2D eigenvalue weighted by Gasteiger charge is -2.26. The first-order valence-corrected chi connectivity index (χ1v) is 8.21. The number of Topliss-reactive ketones (excluding diaryl/α,β-unsaturated/α-hetero) is 1. The second-order valence-corrected chi connectivity index (χ2v) is 7.76. The van der Waals surface area contributed by atoms with Gasteiger partial charge in [0.05, 0.1) is 0 Å². The van der Waals surface area contributed by atoms with Crippen molar-refractivity contribution in [3.05, 3.63) is 29.1 Å². The Bertz CT molecular complexity index is 539. The second-order valence-electron chi connectivity index (χ2n) is 5.77. The number of hydrogen-bond donors (Lipinski definition) is 0. The van der Waals surface area contributed by atoms with Crippen molar-refractivity contribution >= 4 is 16.6 Å². The van der Waals surface area contributed by atoms with Crippen LogP contribution in [0.15, 0.2) is 12.1 Å². The highest BCUT2D eigenvalue weighted by Gasteiger charge is 2.43. The van der Waals surface area contributed by atoms with Gasteiger partial charge in [0.15, 0.2) is 5.78 Å². The molecular weight excluding hydrogens is 258 g/mol. The number of carbonyl (C=O) groups is 1. The van der Waals surface area contributed by atoms with Gasteiger partial charge < -0.3 is 0 Å². The van der Waals surface area contributed by atoms with Gasteiger partial charge in [-0.25, -0.2) is 0 Å². The summed E-state index contributed by atoms with van der Waals surface area (Å²) in [5, 5.41) is 0.512. The van der Waals surface area contributed by atoms with Crippen LogP contribution < -0.4 is 0 Å². The first kappa shape index (κ1) is 13.0. The Hall–Kier alpha value is -1.03. The molecule has 2 aliphatic rings. The Labute approximate surface area is 116 Å². The molecule has 3 nitrogen and oxygen atoms in total. The minimum Gasteiger partial charge on any atom is -0.294 e. The molecule has 0 aliphatic carbocycles. The summed E-state index contributed by atoms with van der Waals surface area (Å²) in [6.07, 6.45) is 3.67. The summed E-state index contributed by atoms with van der Waals surface area (Å²) < 4.78 is 12.0. The van der Waals surface area contributed by atoms with Crippen molar-refractivity contribution in [1.82, 2.24) is 4.98 Å². The van der Waals surface area contributed by atoms with E-state index in [1.54, 1.807) is 0 Å². The number of fused-ring (bicyclic) bond motifs is 2. The van der Waals surface area contributed by atoms with Crippen molar-refractivity contribution < 1.29 is 9.00 Å². The average Bonchev–Trinajstić information content (AvgIpc) is 2.61. The molecule has 0 saturated carbocycles. The van der Waals surface area contributed by atoms with E-state index >= 15 is 0 Å². The van der Waals surface area contributed by atoms with E-state index in [4.69, 9.17) is 0 Å². The maximum atomic E-state index is 12.6. The van der Waals surface area contributed by atoms with Crippen LogP contribution in [0.2, 0.25) is 0 Å². The summed E-state index contributed by atoms with van der Waals surface area (Å²) in [7, 11) is -0.689. The predicted octanol–water partition coefficient (Wildman–Crippen LogP) is 2.57. The predicted molar refractivity (Wildman–Crippen MR) is 75.7 cm³/mol. The fraction of sp³-hybridized carbons (Fsp3) is 0.600. The molecule has 3 heterocycles. The smallest absolute Gasteiger partial charge is 0.167 e. The molecule has 1 aromatic heterocycles. The summed E-state index contributed by atoms with van der Waals surface area (Å²) in [5.41, 5.74) is 2.52. The number of rotatable bonds is 2. The van der Waals surface area contributed by atoms with Crippen LogP contribution in [-0.4, -0.2) is 25.5 Å². The van der Waals surface area contributed by atoms with Gasteiger partial charge in [-0.05, 0) is 51.7 Å². The van der Waals surface area contributed by atoms with Gasteiger partial charge in [-0.1, -0.05) is 0 Å². The quantitative estimate of drug-likeness (QED) is 0.781. The molecule has 2 aliphatic heterocycles. The van der Waals surface area contributed by atoms with Crippen molar-refractivity contribution in [2.45, 2.75) is 50.0 Å². The number of nitrogens with zero attached hydrogens (tertiary/aromatic N) is 1. The van der Waals surface area contributed by atoms with Gasteiger partial charge in [-0.3, -0.25) is 14.0 Å². The van der Waals surface area contributed by atoms with Crippen LogP contribution in [0, 0.1) is 19.8 Å². The molecule has 2 unspecified atom stereocenters. The first-order valence-electron chi connectivity index (χ1n) is 6.94. The van der Waals surface area contributed by atoms with Gasteiger partial charge in [0.2, 0.25) is 0 Å². The van der Waals surface area contributed by atoms with Crippen LogP contribution >= 0.6 is 0 Å². The number of pyridine rings is 1. The molecule has 2 fully saturated rings. The third-order valence-corrected chi connectivity index (χ3v) is 6.59. The fourth-order valence-corrected chi connectivity index (χ4v) is 5.54. The van der Waals surface area contributed by atoms with E-state index in [1.165, 1.54) is 0 Å². The number of aryl methyl sites for hydroxylation is 2. The van der Waals surface area contributed by atoms with E-state index < -0.39 is 10.8 Å². The fourth-order valence-electron chi connectivity index (χ4n) is 3.41. The molecule has 3 rings (SSSR count). The highest BCUT2D eigenvalue weighted by Crippen LogP contribution is 2.39. The maximum absolute atomic E-state index is 12.6. The van der Waals surface area contributed by atoms with Gasteiger partial charge in [-0.15, -0.1) is 0 Å². The SMILES string of the molecule is Cc1ccc(C(=O)C2CC3CCC(C2)S3=O)c(C)n1. The van der Waals surface area contributed by atoms with E-state index in [-0.39, 0.29) is 22.2 Å². The van der Waals surface area contributed by atoms with Gasteiger partial charge >= 0.3 is 0 Å². The van der Waals surface area contributed by atoms with Crippen molar-refractivity contribution in [3.8, 4) is 0 Å².